The minimum absolute atomic E-state index is 0.0430. The van der Waals surface area contributed by atoms with Crippen LogP contribution in [0.3, 0.4) is 0 Å². The fourth-order valence-electron chi connectivity index (χ4n) is 3.11. The van der Waals surface area contributed by atoms with Gasteiger partial charge in [0.25, 0.3) is 0 Å². The van der Waals surface area contributed by atoms with Gasteiger partial charge in [0.2, 0.25) is 0 Å². The van der Waals surface area contributed by atoms with Gasteiger partial charge in [-0.15, -0.1) is 0 Å². The molecule has 3 aromatic rings. The Morgan fingerprint density at radius 2 is 2.10 bits per heavy atom. The fraction of sp³-hybridized carbons (Fsp3) is 0.348. The van der Waals surface area contributed by atoms with Gasteiger partial charge in [0.1, 0.15) is 5.52 Å². The maximum atomic E-state index is 6.47. The first kappa shape index (κ1) is 21.8. The van der Waals surface area contributed by atoms with Gasteiger partial charge in [-0.2, -0.15) is 5.10 Å². The van der Waals surface area contributed by atoms with E-state index in [-0.39, 0.29) is 6.04 Å². The van der Waals surface area contributed by atoms with Gasteiger partial charge in [0, 0.05) is 18.0 Å². The molecular weight excluding hydrogens is 396 g/mol. The van der Waals surface area contributed by atoms with Crippen molar-refractivity contribution in [2.24, 2.45) is 0 Å². The van der Waals surface area contributed by atoms with E-state index in [4.69, 9.17) is 16.6 Å². The number of H-pyrrole nitrogens is 1. The molecule has 0 aliphatic carbocycles. The van der Waals surface area contributed by atoms with E-state index in [1.807, 2.05) is 31.3 Å². The molecule has 0 saturated heterocycles. The maximum absolute atomic E-state index is 6.47. The lowest BCUT2D eigenvalue weighted by Crippen LogP contribution is -2.07. The Morgan fingerprint density at radius 1 is 1.30 bits per heavy atom. The molecule has 6 nitrogen and oxygen atoms in total. The summed E-state index contributed by atoms with van der Waals surface area (Å²) in [4.78, 5) is 9.33. The van der Waals surface area contributed by atoms with Crippen molar-refractivity contribution in [3.05, 3.63) is 65.1 Å². The third kappa shape index (κ3) is 4.82. The average Bonchev–Trinajstić information content (AvgIpc) is 3.32. The highest BCUT2D eigenvalue weighted by Crippen LogP contribution is 2.30. The third-order valence-corrected chi connectivity index (χ3v) is 5.16. The molecule has 30 heavy (non-hydrogen) atoms. The lowest BCUT2D eigenvalue weighted by atomic mass is 10.1. The second-order valence-corrected chi connectivity index (χ2v) is 7.89. The van der Waals surface area contributed by atoms with Crippen molar-refractivity contribution in [2.75, 3.05) is 5.32 Å². The van der Waals surface area contributed by atoms with Gasteiger partial charge in [-0.1, -0.05) is 62.8 Å². The highest BCUT2D eigenvalue weighted by molar-refractivity contribution is 6.35. The van der Waals surface area contributed by atoms with Crippen LogP contribution in [0.25, 0.3) is 11.2 Å². The van der Waals surface area contributed by atoms with Crippen molar-refractivity contribution in [3.8, 4) is 0 Å². The Hall–Kier alpha value is -2.86. The van der Waals surface area contributed by atoms with Gasteiger partial charge in [-0.25, -0.2) is 9.97 Å². The number of fused-ring (bicyclic) bond motifs is 1. The minimum atomic E-state index is 0.0430. The van der Waals surface area contributed by atoms with Crippen molar-refractivity contribution in [1.82, 2.24) is 24.7 Å². The molecule has 2 N–H and O–H groups in total. The summed E-state index contributed by atoms with van der Waals surface area (Å²) in [6.45, 7) is 10.5. The molecule has 3 heterocycles. The van der Waals surface area contributed by atoms with Crippen LogP contribution in [0.2, 0.25) is 5.02 Å². The molecule has 158 valence electrons. The van der Waals surface area contributed by atoms with Crippen molar-refractivity contribution >= 4 is 34.4 Å². The fourth-order valence-corrected chi connectivity index (χ4v) is 3.35. The molecule has 0 aliphatic heterocycles. The lowest BCUT2D eigenvalue weighted by molar-refractivity contribution is 0.656. The van der Waals surface area contributed by atoms with Crippen molar-refractivity contribution < 1.29 is 0 Å². The lowest BCUT2D eigenvalue weighted by Gasteiger charge is -2.16. The topological polar surface area (TPSA) is 71.4 Å². The Labute approximate surface area is 182 Å². The van der Waals surface area contributed by atoms with E-state index in [9.17, 15) is 0 Å². The van der Waals surface area contributed by atoms with Crippen LogP contribution in [0.4, 0.5) is 11.6 Å². The zero-order chi connectivity index (χ0) is 21.7. The largest absolute Gasteiger partial charge is 0.322 e. The number of anilines is 2. The van der Waals surface area contributed by atoms with E-state index in [0.29, 0.717) is 28.1 Å². The molecule has 0 saturated carbocycles. The second-order valence-electron chi connectivity index (χ2n) is 7.48. The normalized spacial score (nSPS) is 13.9. The number of aromatic nitrogens is 5. The predicted molar refractivity (Wildman–Crippen MR) is 126 cm³/mol. The summed E-state index contributed by atoms with van der Waals surface area (Å²) < 4.78 is 2.06. The van der Waals surface area contributed by atoms with Gasteiger partial charge < -0.3 is 9.88 Å². The molecule has 0 aliphatic rings. The van der Waals surface area contributed by atoms with Gasteiger partial charge in [0.05, 0.1) is 17.3 Å². The molecule has 1 unspecified atom stereocenters. The van der Waals surface area contributed by atoms with Crippen LogP contribution in [0.15, 0.2) is 54.4 Å². The number of halogens is 1. The Balaban J connectivity index is 1.98. The van der Waals surface area contributed by atoms with E-state index in [1.54, 1.807) is 6.20 Å². The molecule has 7 heteroatoms. The van der Waals surface area contributed by atoms with Crippen LogP contribution in [0, 0.1) is 0 Å². The van der Waals surface area contributed by atoms with Crippen molar-refractivity contribution in [2.45, 2.75) is 53.0 Å². The summed E-state index contributed by atoms with van der Waals surface area (Å²) in [6, 6.07) is 2.03. The SMILES string of the molecule is C\C=C/C=C(\C=C/CC)C(C)n1cc(Cl)c2ncc(Nc3cc(C(C)C)[nH]n3)nc21. The van der Waals surface area contributed by atoms with E-state index >= 15 is 0 Å². The van der Waals surface area contributed by atoms with Crippen LogP contribution in [-0.4, -0.2) is 24.7 Å². The average molecular weight is 425 g/mol. The Kier molecular flexibility index (Phi) is 7.11. The van der Waals surface area contributed by atoms with Gasteiger partial charge in [-0.05, 0) is 31.8 Å². The number of nitrogens with zero attached hydrogens (tertiary/aromatic N) is 4. The van der Waals surface area contributed by atoms with Gasteiger partial charge in [0.15, 0.2) is 17.3 Å². The molecule has 3 aromatic heterocycles. The standard InChI is InChI=1S/C23H29ClN6/c1-6-8-10-17(11-9-7-2)16(5)30-14-18(24)22-23(30)27-21(13-25-22)26-20-12-19(15(3)4)28-29-20/h6,8-16H,7H2,1-5H3,(H2,26,27,28,29)/b8-6-,11-9-,17-10+. The minimum Gasteiger partial charge on any atom is -0.322 e. The summed E-state index contributed by atoms with van der Waals surface area (Å²) in [7, 11) is 0. The zero-order valence-corrected chi connectivity index (χ0v) is 18.9. The molecule has 0 fully saturated rings. The Bertz CT molecular complexity index is 1090. The third-order valence-electron chi connectivity index (χ3n) is 4.88. The first-order valence-corrected chi connectivity index (χ1v) is 10.7. The summed E-state index contributed by atoms with van der Waals surface area (Å²) in [5.74, 6) is 1.71. The summed E-state index contributed by atoms with van der Waals surface area (Å²) >= 11 is 6.47. The van der Waals surface area contributed by atoms with Crippen LogP contribution < -0.4 is 5.32 Å². The van der Waals surface area contributed by atoms with Crippen LogP contribution >= 0.6 is 11.6 Å². The highest BCUT2D eigenvalue weighted by atomic mass is 35.5. The summed E-state index contributed by atoms with van der Waals surface area (Å²) in [5, 5.41) is 11.2. The van der Waals surface area contributed by atoms with E-state index in [2.05, 4.69) is 71.0 Å². The number of allylic oxidation sites excluding steroid dienone is 6. The number of hydrogen-bond acceptors (Lipinski definition) is 4. The zero-order valence-electron chi connectivity index (χ0n) is 18.1. The van der Waals surface area contributed by atoms with E-state index in [0.717, 1.165) is 23.3 Å². The Morgan fingerprint density at radius 3 is 2.77 bits per heavy atom. The van der Waals surface area contributed by atoms with Crippen LogP contribution in [0.5, 0.6) is 0 Å². The molecule has 0 bridgehead atoms. The molecule has 1 atom stereocenters. The smallest absolute Gasteiger partial charge is 0.163 e. The van der Waals surface area contributed by atoms with Gasteiger partial charge >= 0.3 is 0 Å². The quantitative estimate of drug-likeness (QED) is 0.394. The number of nitrogens with one attached hydrogen (secondary N) is 2. The molecule has 3 rings (SSSR count). The van der Waals surface area contributed by atoms with Crippen LogP contribution in [0.1, 0.15) is 58.7 Å². The summed E-state index contributed by atoms with van der Waals surface area (Å²) in [6.07, 6.45) is 15.0. The number of aromatic amines is 1. The first-order valence-electron chi connectivity index (χ1n) is 10.3. The molecule has 0 radical (unpaired) electrons. The predicted octanol–water partition coefficient (Wildman–Crippen LogP) is 6.70. The molecular formula is C23H29ClN6. The maximum Gasteiger partial charge on any atom is 0.163 e. The molecule has 0 amide bonds. The number of rotatable bonds is 8. The van der Waals surface area contributed by atoms with E-state index in [1.165, 1.54) is 0 Å². The molecule has 0 aromatic carbocycles. The summed E-state index contributed by atoms with van der Waals surface area (Å²) in [5.41, 5.74) is 3.64. The second kappa shape index (κ2) is 9.76. The first-order chi connectivity index (χ1) is 14.4. The van der Waals surface area contributed by atoms with E-state index < -0.39 is 0 Å². The molecule has 0 spiro atoms. The van der Waals surface area contributed by atoms with Crippen LogP contribution in [-0.2, 0) is 0 Å². The van der Waals surface area contributed by atoms with Crippen molar-refractivity contribution in [1.29, 1.82) is 0 Å². The number of hydrogen-bond donors (Lipinski definition) is 2. The van der Waals surface area contributed by atoms with Gasteiger partial charge in [-0.3, -0.25) is 5.10 Å². The highest BCUT2D eigenvalue weighted by Gasteiger charge is 2.17. The monoisotopic (exact) mass is 424 g/mol. The van der Waals surface area contributed by atoms with Crippen molar-refractivity contribution in [3.63, 3.8) is 0 Å².